The standard InChI is InChI=1S/C8H10N2O/c1-2-5-10(6-3-1)8-9-4-7-11-8/h2,4-5,7H,1,3,6H2. The third-order valence-corrected chi connectivity index (χ3v) is 1.72. The van der Waals surface area contributed by atoms with Gasteiger partial charge in [-0.15, -0.1) is 0 Å². The van der Waals surface area contributed by atoms with Gasteiger partial charge in [0.25, 0.3) is 0 Å². The van der Waals surface area contributed by atoms with E-state index >= 15 is 0 Å². The molecule has 3 heteroatoms. The topological polar surface area (TPSA) is 29.3 Å². The van der Waals surface area contributed by atoms with Crippen molar-refractivity contribution < 1.29 is 4.42 Å². The molecule has 0 N–H and O–H groups in total. The molecule has 0 atom stereocenters. The summed E-state index contributed by atoms with van der Waals surface area (Å²) in [5.74, 6) is 0. The Kier molecular flexibility index (Phi) is 1.63. The zero-order valence-electron chi connectivity index (χ0n) is 6.23. The van der Waals surface area contributed by atoms with Crippen molar-refractivity contribution in [2.45, 2.75) is 12.8 Å². The Balaban J connectivity index is 2.16. The van der Waals surface area contributed by atoms with Gasteiger partial charge in [0.2, 0.25) is 0 Å². The van der Waals surface area contributed by atoms with E-state index in [1.54, 1.807) is 12.5 Å². The highest BCUT2D eigenvalue weighted by atomic mass is 16.4. The summed E-state index contributed by atoms with van der Waals surface area (Å²) in [5, 5.41) is 0. The van der Waals surface area contributed by atoms with E-state index in [4.69, 9.17) is 4.42 Å². The lowest BCUT2D eigenvalue weighted by Gasteiger charge is -2.18. The summed E-state index contributed by atoms with van der Waals surface area (Å²) in [6, 6.07) is 0.695. The SMILES string of the molecule is C1=CN(c2ncco2)CCC1. The van der Waals surface area contributed by atoms with Gasteiger partial charge in [-0.05, 0) is 12.8 Å². The van der Waals surface area contributed by atoms with Gasteiger partial charge < -0.3 is 9.32 Å². The number of allylic oxidation sites excluding steroid dienone is 1. The molecule has 2 rings (SSSR count). The molecule has 1 aromatic rings. The van der Waals surface area contributed by atoms with Crippen LogP contribution in [0.1, 0.15) is 12.8 Å². The van der Waals surface area contributed by atoms with Crippen molar-refractivity contribution in [1.29, 1.82) is 0 Å². The molecule has 0 fully saturated rings. The zero-order chi connectivity index (χ0) is 7.52. The van der Waals surface area contributed by atoms with E-state index in [-0.39, 0.29) is 0 Å². The number of rotatable bonds is 1. The highest BCUT2D eigenvalue weighted by Crippen LogP contribution is 2.15. The zero-order valence-corrected chi connectivity index (χ0v) is 6.23. The molecule has 0 aliphatic carbocycles. The first-order valence-corrected chi connectivity index (χ1v) is 3.79. The second-order valence-corrected chi connectivity index (χ2v) is 2.54. The Morgan fingerprint density at radius 3 is 3.18 bits per heavy atom. The minimum Gasteiger partial charge on any atom is -0.432 e. The first-order chi connectivity index (χ1) is 5.47. The smallest absolute Gasteiger partial charge is 0.301 e. The minimum atomic E-state index is 0.695. The van der Waals surface area contributed by atoms with Gasteiger partial charge in [-0.3, -0.25) is 0 Å². The average Bonchev–Trinajstić information content (AvgIpc) is 2.58. The largest absolute Gasteiger partial charge is 0.432 e. The van der Waals surface area contributed by atoms with Crippen LogP contribution in [-0.4, -0.2) is 11.5 Å². The van der Waals surface area contributed by atoms with Crippen molar-refractivity contribution in [2.75, 3.05) is 11.4 Å². The monoisotopic (exact) mass is 150 g/mol. The van der Waals surface area contributed by atoms with E-state index in [1.807, 2.05) is 11.1 Å². The van der Waals surface area contributed by atoms with Crippen LogP contribution in [-0.2, 0) is 0 Å². The van der Waals surface area contributed by atoms with Crippen LogP contribution in [0.2, 0.25) is 0 Å². The summed E-state index contributed by atoms with van der Waals surface area (Å²) in [6.45, 7) is 1.01. The molecule has 0 bridgehead atoms. The van der Waals surface area contributed by atoms with Crippen molar-refractivity contribution in [3.8, 4) is 0 Å². The average molecular weight is 150 g/mol. The molecule has 0 spiro atoms. The van der Waals surface area contributed by atoms with E-state index in [0.29, 0.717) is 6.01 Å². The maximum atomic E-state index is 5.14. The number of oxazole rings is 1. The summed E-state index contributed by atoms with van der Waals surface area (Å²) in [6.07, 6.45) is 9.76. The van der Waals surface area contributed by atoms with Gasteiger partial charge in [-0.1, -0.05) is 6.08 Å². The number of aromatic nitrogens is 1. The second-order valence-electron chi connectivity index (χ2n) is 2.54. The molecule has 3 nitrogen and oxygen atoms in total. The Morgan fingerprint density at radius 2 is 2.55 bits per heavy atom. The second kappa shape index (κ2) is 2.78. The predicted octanol–water partition coefficient (Wildman–Crippen LogP) is 1.79. The Bertz CT molecular complexity index is 241. The molecule has 0 aromatic carbocycles. The molecule has 0 amide bonds. The normalized spacial score (nSPS) is 17.3. The lowest BCUT2D eigenvalue weighted by Crippen LogP contribution is -2.19. The lowest BCUT2D eigenvalue weighted by atomic mass is 10.2. The van der Waals surface area contributed by atoms with Gasteiger partial charge in [-0.25, -0.2) is 4.98 Å². The highest BCUT2D eigenvalue weighted by molar-refractivity contribution is 5.31. The maximum absolute atomic E-state index is 5.14. The van der Waals surface area contributed by atoms with Crippen LogP contribution in [0.5, 0.6) is 0 Å². The van der Waals surface area contributed by atoms with E-state index in [0.717, 1.165) is 13.0 Å². The number of anilines is 1. The summed E-state index contributed by atoms with van der Waals surface area (Å²) in [7, 11) is 0. The molecule has 1 aliphatic rings. The van der Waals surface area contributed by atoms with E-state index in [1.165, 1.54) is 6.42 Å². The third-order valence-electron chi connectivity index (χ3n) is 1.72. The Hall–Kier alpha value is -1.25. The van der Waals surface area contributed by atoms with Crippen molar-refractivity contribution in [3.05, 3.63) is 24.7 Å². The first kappa shape index (κ1) is 6.46. The Morgan fingerprint density at radius 1 is 1.55 bits per heavy atom. The molecule has 2 heterocycles. The van der Waals surface area contributed by atoms with Crippen molar-refractivity contribution >= 4 is 6.01 Å². The lowest BCUT2D eigenvalue weighted by molar-refractivity contribution is 0.545. The molecule has 11 heavy (non-hydrogen) atoms. The summed E-state index contributed by atoms with van der Waals surface area (Å²) in [4.78, 5) is 6.07. The molecular weight excluding hydrogens is 140 g/mol. The molecule has 0 saturated carbocycles. The van der Waals surface area contributed by atoms with Crippen molar-refractivity contribution in [2.24, 2.45) is 0 Å². The van der Waals surface area contributed by atoms with E-state index in [2.05, 4.69) is 11.1 Å². The van der Waals surface area contributed by atoms with Gasteiger partial charge >= 0.3 is 6.01 Å². The molecule has 58 valence electrons. The van der Waals surface area contributed by atoms with Crippen LogP contribution in [0.25, 0.3) is 0 Å². The number of hydrogen-bond donors (Lipinski definition) is 0. The molecule has 0 saturated heterocycles. The van der Waals surface area contributed by atoms with Crippen LogP contribution in [0.3, 0.4) is 0 Å². The van der Waals surface area contributed by atoms with Crippen LogP contribution in [0.15, 0.2) is 29.2 Å². The first-order valence-electron chi connectivity index (χ1n) is 3.79. The van der Waals surface area contributed by atoms with E-state index < -0.39 is 0 Å². The number of nitrogens with zero attached hydrogens (tertiary/aromatic N) is 2. The third kappa shape index (κ3) is 1.27. The molecular formula is C8H10N2O. The molecule has 1 aliphatic heterocycles. The fourth-order valence-corrected chi connectivity index (χ4v) is 1.17. The minimum absolute atomic E-state index is 0.695. The molecule has 0 radical (unpaired) electrons. The van der Waals surface area contributed by atoms with Crippen LogP contribution in [0, 0.1) is 0 Å². The Labute approximate surface area is 65.3 Å². The molecule has 1 aromatic heterocycles. The van der Waals surface area contributed by atoms with Crippen LogP contribution >= 0.6 is 0 Å². The van der Waals surface area contributed by atoms with Gasteiger partial charge in [0, 0.05) is 12.7 Å². The fourth-order valence-electron chi connectivity index (χ4n) is 1.17. The van der Waals surface area contributed by atoms with E-state index in [9.17, 15) is 0 Å². The van der Waals surface area contributed by atoms with Gasteiger partial charge in [-0.2, -0.15) is 0 Å². The van der Waals surface area contributed by atoms with Gasteiger partial charge in [0.15, 0.2) is 0 Å². The summed E-state index contributed by atoms with van der Waals surface area (Å²) in [5.41, 5.74) is 0. The maximum Gasteiger partial charge on any atom is 0.301 e. The van der Waals surface area contributed by atoms with Crippen LogP contribution in [0.4, 0.5) is 6.01 Å². The van der Waals surface area contributed by atoms with Gasteiger partial charge in [0.1, 0.15) is 6.26 Å². The van der Waals surface area contributed by atoms with Crippen molar-refractivity contribution in [1.82, 2.24) is 4.98 Å². The highest BCUT2D eigenvalue weighted by Gasteiger charge is 2.08. The fraction of sp³-hybridized carbons (Fsp3) is 0.375. The molecule has 0 unspecified atom stereocenters. The van der Waals surface area contributed by atoms with Gasteiger partial charge in [0.05, 0.1) is 6.20 Å². The predicted molar refractivity (Wildman–Crippen MR) is 42.2 cm³/mol. The van der Waals surface area contributed by atoms with Crippen LogP contribution < -0.4 is 4.90 Å². The summed E-state index contributed by atoms with van der Waals surface area (Å²) < 4.78 is 5.14. The quantitative estimate of drug-likeness (QED) is 0.611. The van der Waals surface area contributed by atoms with Crippen molar-refractivity contribution in [3.63, 3.8) is 0 Å². The number of hydrogen-bond acceptors (Lipinski definition) is 3. The summed E-state index contributed by atoms with van der Waals surface area (Å²) >= 11 is 0.